The lowest BCUT2D eigenvalue weighted by Crippen LogP contribution is -2.34. The van der Waals surface area contributed by atoms with Gasteiger partial charge in [-0.25, -0.2) is 0 Å². The standard InChI is InChI=1S/C13H27N3O/c1-13(2,12(14)15-17)9-6-10-16(3)11-7-4-5-8-11/h11,17H,4-10H2,1-3H3,(H2,14,15). The molecular weight excluding hydrogens is 214 g/mol. The molecule has 0 saturated heterocycles. The smallest absolute Gasteiger partial charge is 0.144 e. The van der Waals surface area contributed by atoms with Crippen LogP contribution in [0.1, 0.15) is 52.4 Å². The van der Waals surface area contributed by atoms with Crippen LogP contribution in [0.25, 0.3) is 0 Å². The molecular formula is C13H27N3O. The molecule has 0 unspecified atom stereocenters. The van der Waals surface area contributed by atoms with E-state index in [-0.39, 0.29) is 5.41 Å². The molecule has 4 heteroatoms. The molecule has 0 aromatic carbocycles. The number of rotatable bonds is 6. The highest BCUT2D eigenvalue weighted by Crippen LogP contribution is 2.25. The van der Waals surface area contributed by atoms with Crippen LogP contribution in [0.3, 0.4) is 0 Å². The van der Waals surface area contributed by atoms with E-state index in [9.17, 15) is 0 Å². The second kappa shape index (κ2) is 6.24. The van der Waals surface area contributed by atoms with Gasteiger partial charge in [0, 0.05) is 11.5 Å². The quantitative estimate of drug-likeness (QED) is 0.325. The van der Waals surface area contributed by atoms with Gasteiger partial charge < -0.3 is 15.8 Å². The summed E-state index contributed by atoms with van der Waals surface area (Å²) in [6.07, 6.45) is 7.51. The molecule has 0 bridgehead atoms. The van der Waals surface area contributed by atoms with Gasteiger partial charge in [0.25, 0.3) is 0 Å². The van der Waals surface area contributed by atoms with E-state index in [2.05, 4.69) is 17.1 Å². The van der Waals surface area contributed by atoms with Gasteiger partial charge in [-0.3, -0.25) is 0 Å². The Hall–Kier alpha value is -0.770. The van der Waals surface area contributed by atoms with Crippen molar-refractivity contribution in [2.45, 2.75) is 58.4 Å². The van der Waals surface area contributed by atoms with Gasteiger partial charge in [-0.05, 0) is 39.3 Å². The molecule has 1 fully saturated rings. The SMILES string of the molecule is CN(CCCC(C)(C)C(N)=NO)C1CCCC1. The molecule has 0 aromatic rings. The zero-order chi connectivity index (χ0) is 12.9. The largest absolute Gasteiger partial charge is 0.409 e. The maximum Gasteiger partial charge on any atom is 0.144 e. The normalized spacial score (nSPS) is 19.2. The Kier molecular flexibility index (Phi) is 5.25. The molecule has 0 atom stereocenters. The third-order valence-corrected chi connectivity index (χ3v) is 4.06. The van der Waals surface area contributed by atoms with Gasteiger partial charge in [0.2, 0.25) is 0 Å². The van der Waals surface area contributed by atoms with E-state index >= 15 is 0 Å². The molecule has 100 valence electrons. The fraction of sp³-hybridized carbons (Fsp3) is 0.923. The predicted octanol–water partition coefficient (Wildman–Crippen LogP) is 2.41. The van der Waals surface area contributed by atoms with Crippen LogP contribution in [0.2, 0.25) is 0 Å². The number of nitrogens with two attached hydrogens (primary N) is 1. The molecule has 0 amide bonds. The first-order valence-corrected chi connectivity index (χ1v) is 6.65. The molecule has 0 heterocycles. The summed E-state index contributed by atoms with van der Waals surface area (Å²) in [7, 11) is 2.21. The van der Waals surface area contributed by atoms with E-state index in [0.29, 0.717) is 5.84 Å². The van der Waals surface area contributed by atoms with Gasteiger partial charge in [-0.1, -0.05) is 31.8 Å². The average Bonchev–Trinajstić information content (AvgIpc) is 2.80. The van der Waals surface area contributed by atoms with Crippen LogP contribution in [0.5, 0.6) is 0 Å². The summed E-state index contributed by atoms with van der Waals surface area (Å²) in [5.41, 5.74) is 5.47. The van der Waals surface area contributed by atoms with Crippen molar-refractivity contribution in [2.75, 3.05) is 13.6 Å². The molecule has 1 aliphatic carbocycles. The maximum atomic E-state index is 8.70. The second-order valence-electron chi connectivity index (χ2n) is 5.89. The highest BCUT2D eigenvalue weighted by molar-refractivity contribution is 5.85. The van der Waals surface area contributed by atoms with E-state index < -0.39 is 0 Å². The first-order chi connectivity index (χ1) is 7.97. The van der Waals surface area contributed by atoms with Crippen LogP contribution in [0.4, 0.5) is 0 Å². The van der Waals surface area contributed by atoms with E-state index in [1.165, 1.54) is 25.7 Å². The Morgan fingerprint density at radius 1 is 1.41 bits per heavy atom. The third-order valence-electron chi connectivity index (χ3n) is 4.06. The van der Waals surface area contributed by atoms with Gasteiger partial charge in [0.1, 0.15) is 5.84 Å². The van der Waals surface area contributed by atoms with Crippen LogP contribution < -0.4 is 5.73 Å². The van der Waals surface area contributed by atoms with Crippen molar-refractivity contribution in [2.24, 2.45) is 16.3 Å². The lowest BCUT2D eigenvalue weighted by atomic mass is 9.86. The highest BCUT2D eigenvalue weighted by atomic mass is 16.4. The van der Waals surface area contributed by atoms with Gasteiger partial charge in [-0.15, -0.1) is 0 Å². The number of hydrogen-bond acceptors (Lipinski definition) is 3. The van der Waals surface area contributed by atoms with Crippen molar-refractivity contribution in [1.82, 2.24) is 4.90 Å². The minimum atomic E-state index is -0.203. The summed E-state index contributed by atoms with van der Waals surface area (Å²) in [5, 5.41) is 11.8. The molecule has 4 nitrogen and oxygen atoms in total. The van der Waals surface area contributed by atoms with Crippen LogP contribution in [-0.4, -0.2) is 35.6 Å². The zero-order valence-corrected chi connectivity index (χ0v) is 11.4. The lowest BCUT2D eigenvalue weighted by Gasteiger charge is -2.27. The third kappa shape index (κ3) is 4.19. The molecule has 3 N–H and O–H groups in total. The van der Waals surface area contributed by atoms with Gasteiger partial charge in [-0.2, -0.15) is 0 Å². The van der Waals surface area contributed by atoms with Crippen molar-refractivity contribution in [3.8, 4) is 0 Å². The molecule has 0 spiro atoms. The molecule has 17 heavy (non-hydrogen) atoms. The number of hydrogen-bond donors (Lipinski definition) is 2. The van der Waals surface area contributed by atoms with Gasteiger partial charge in [0.15, 0.2) is 0 Å². The van der Waals surface area contributed by atoms with E-state index in [4.69, 9.17) is 10.9 Å². The minimum absolute atomic E-state index is 0.203. The summed E-state index contributed by atoms with van der Waals surface area (Å²) in [4.78, 5) is 2.47. The van der Waals surface area contributed by atoms with Crippen molar-refractivity contribution < 1.29 is 5.21 Å². The lowest BCUT2D eigenvalue weighted by molar-refractivity contribution is 0.231. The summed E-state index contributed by atoms with van der Waals surface area (Å²) in [5.74, 6) is 0.334. The highest BCUT2D eigenvalue weighted by Gasteiger charge is 2.24. The molecule has 0 aliphatic heterocycles. The monoisotopic (exact) mass is 241 g/mol. The first kappa shape index (κ1) is 14.3. The number of nitrogens with zero attached hydrogens (tertiary/aromatic N) is 2. The minimum Gasteiger partial charge on any atom is -0.409 e. The Labute approximate surface area is 105 Å². The summed E-state index contributed by atoms with van der Waals surface area (Å²) < 4.78 is 0. The Balaban J connectivity index is 2.27. The molecule has 1 aliphatic rings. The van der Waals surface area contributed by atoms with Crippen molar-refractivity contribution in [3.63, 3.8) is 0 Å². The Morgan fingerprint density at radius 2 is 2.00 bits per heavy atom. The zero-order valence-electron chi connectivity index (χ0n) is 11.4. The fourth-order valence-electron chi connectivity index (χ4n) is 2.56. The van der Waals surface area contributed by atoms with E-state index in [1.807, 2.05) is 13.8 Å². The maximum absolute atomic E-state index is 8.70. The second-order valence-corrected chi connectivity index (χ2v) is 5.89. The van der Waals surface area contributed by atoms with Crippen LogP contribution in [0, 0.1) is 5.41 Å². The summed E-state index contributed by atoms with van der Waals surface area (Å²) in [6, 6.07) is 0.780. The Morgan fingerprint density at radius 3 is 2.53 bits per heavy atom. The Bertz CT molecular complexity index is 257. The first-order valence-electron chi connectivity index (χ1n) is 6.65. The van der Waals surface area contributed by atoms with Crippen molar-refractivity contribution >= 4 is 5.84 Å². The van der Waals surface area contributed by atoms with Crippen LogP contribution in [-0.2, 0) is 0 Å². The van der Waals surface area contributed by atoms with Gasteiger partial charge >= 0.3 is 0 Å². The summed E-state index contributed by atoms with van der Waals surface area (Å²) in [6.45, 7) is 5.15. The topological polar surface area (TPSA) is 61.8 Å². The van der Waals surface area contributed by atoms with Crippen LogP contribution >= 0.6 is 0 Å². The number of oxime groups is 1. The molecule has 0 aromatic heterocycles. The fourth-order valence-corrected chi connectivity index (χ4v) is 2.56. The predicted molar refractivity (Wildman–Crippen MR) is 71.3 cm³/mol. The summed E-state index contributed by atoms with van der Waals surface area (Å²) >= 11 is 0. The van der Waals surface area contributed by atoms with Gasteiger partial charge in [0.05, 0.1) is 0 Å². The van der Waals surface area contributed by atoms with Crippen molar-refractivity contribution in [1.29, 1.82) is 0 Å². The van der Waals surface area contributed by atoms with E-state index in [0.717, 1.165) is 25.4 Å². The molecule has 0 radical (unpaired) electrons. The molecule has 1 rings (SSSR count). The van der Waals surface area contributed by atoms with E-state index in [1.54, 1.807) is 0 Å². The van der Waals surface area contributed by atoms with Crippen LogP contribution in [0.15, 0.2) is 5.16 Å². The van der Waals surface area contributed by atoms with Crippen molar-refractivity contribution in [3.05, 3.63) is 0 Å². The average molecular weight is 241 g/mol. The molecule has 1 saturated carbocycles. The number of amidine groups is 1.